The van der Waals surface area contributed by atoms with Crippen molar-refractivity contribution in [2.75, 3.05) is 0 Å². The smallest absolute Gasteiger partial charge is 0.160 e. The summed E-state index contributed by atoms with van der Waals surface area (Å²) < 4.78 is 4.77. The zero-order valence-electron chi connectivity index (χ0n) is 32.4. The Hall–Kier alpha value is -8.15. The van der Waals surface area contributed by atoms with Crippen molar-refractivity contribution >= 4 is 54.5 Å². The zero-order valence-corrected chi connectivity index (χ0v) is 32.4. The molecule has 0 fully saturated rings. The van der Waals surface area contributed by atoms with E-state index < -0.39 is 0 Å². The monoisotopic (exact) mass is 765 g/mol. The number of pyridine rings is 1. The number of hydrogen-bond acceptors (Lipinski definition) is 3. The van der Waals surface area contributed by atoms with Crippen molar-refractivity contribution in [1.82, 2.24) is 24.1 Å². The van der Waals surface area contributed by atoms with Crippen LogP contribution in [0.25, 0.3) is 111 Å². The van der Waals surface area contributed by atoms with E-state index in [0.717, 1.165) is 89.1 Å². The molecule has 12 aromatic rings. The van der Waals surface area contributed by atoms with Gasteiger partial charge < -0.3 is 4.57 Å². The zero-order chi connectivity index (χ0) is 39.6. The Bertz CT molecular complexity index is 3530. The average Bonchev–Trinajstić information content (AvgIpc) is 3.85. The Morgan fingerprint density at radius 1 is 0.333 bits per heavy atom. The Morgan fingerprint density at radius 2 is 0.950 bits per heavy atom. The largest absolute Gasteiger partial charge is 0.309 e. The summed E-state index contributed by atoms with van der Waals surface area (Å²) in [7, 11) is 0. The van der Waals surface area contributed by atoms with Crippen molar-refractivity contribution in [2.45, 2.75) is 0 Å². The summed E-state index contributed by atoms with van der Waals surface area (Å²) in [5, 5.41) is 5.75. The highest BCUT2D eigenvalue weighted by atomic mass is 15.1. The molecule has 4 heterocycles. The number of rotatable bonds is 6. The fraction of sp³-hybridized carbons (Fsp3) is 0. The van der Waals surface area contributed by atoms with Crippen LogP contribution in [-0.2, 0) is 0 Å². The van der Waals surface area contributed by atoms with E-state index in [4.69, 9.17) is 15.0 Å². The number of benzene rings is 8. The Labute approximate surface area is 346 Å². The molecule has 0 spiro atoms. The SMILES string of the molecule is c1ccc(-c2cc(-c3ccccc3)nc(-n3c4ccccc4c4c3ccc3c5ccccc5n(-c5cccc(-c6nc(-c7ccccc7)c7ccccc7n6)c5)c34)c2)cc1. The van der Waals surface area contributed by atoms with Crippen LogP contribution in [0.1, 0.15) is 0 Å². The third-order valence-electron chi connectivity index (χ3n) is 11.7. The predicted molar refractivity (Wildman–Crippen MR) is 248 cm³/mol. The number of aromatic nitrogens is 5. The van der Waals surface area contributed by atoms with Crippen LogP contribution >= 0.6 is 0 Å². The van der Waals surface area contributed by atoms with Crippen LogP contribution in [0.15, 0.2) is 212 Å². The van der Waals surface area contributed by atoms with Gasteiger partial charge in [-0.2, -0.15) is 0 Å². The normalized spacial score (nSPS) is 11.7. The molecule has 12 rings (SSSR count). The van der Waals surface area contributed by atoms with Crippen LogP contribution in [0.4, 0.5) is 0 Å². The highest BCUT2D eigenvalue weighted by Crippen LogP contribution is 2.43. The molecule has 0 aliphatic rings. The van der Waals surface area contributed by atoms with Gasteiger partial charge in [0.05, 0.1) is 39.0 Å². The molecule has 0 unspecified atom stereocenters. The van der Waals surface area contributed by atoms with Crippen molar-refractivity contribution in [2.24, 2.45) is 0 Å². The summed E-state index contributed by atoms with van der Waals surface area (Å²) in [5.74, 6) is 1.56. The molecule has 0 amide bonds. The van der Waals surface area contributed by atoms with E-state index in [2.05, 4.69) is 209 Å². The quantitative estimate of drug-likeness (QED) is 0.169. The summed E-state index contributed by atoms with van der Waals surface area (Å²) in [6.45, 7) is 0. The van der Waals surface area contributed by atoms with Gasteiger partial charge in [0, 0.05) is 49.3 Å². The van der Waals surface area contributed by atoms with E-state index in [1.807, 2.05) is 12.1 Å². The van der Waals surface area contributed by atoms with Gasteiger partial charge in [-0.1, -0.05) is 164 Å². The van der Waals surface area contributed by atoms with Gasteiger partial charge in [0.25, 0.3) is 0 Å². The minimum absolute atomic E-state index is 0.690. The molecular weight excluding hydrogens is 731 g/mol. The van der Waals surface area contributed by atoms with Gasteiger partial charge in [-0.3, -0.25) is 4.57 Å². The highest BCUT2D eigenvalue weighted by molar-refractivity contribution is 6.26. The van der Waals surface area contributed by atoms with Gasteiger partial charge in [-0.05, 0) is 59.7 Å². The van der Waals surface area contributed by atoms with Gasteiger partial charge in [0.1, 0.15) is 5.82 Å². The van der Waals surface area contributed by atoms with Gasteiger partial charge in [-0.25, -0.2) is 15.0 Å². The molecule has 8 aromatic carbocycles. The average molecular weight is 766 g/mol. The third kappa shape index (κ3) is 5.44. The first kappa shape index (κ1) is 33.9. The minimum Gasteiger partial charge on any atom is -0.309 e. The molecule has 0 saturated carbocycles. The van der Waals surface area contributed by atoms with Crippen LogP contribution in [0.5, 0.6) is 0 Å². The lowest BCUT2D eigenvalue weighted by Gasteiger charge is -2.13. The fourth-order valence-corrected chi connectivity index (χ4v) is 9.01. The van der Waals surface area contributed by atoms with E-state index in [1.54, 1.807) is 0 Å². The Kier molecular flexibility index (Phi) is 7.78. The lowest BCUT2D eigenvalue weighted by atomic mass is 10.0. The van der Waals surface area contributed by atoms with Crippen molar-refractivity contribution in [3.63, 3.8) is 0 Å². The Morgan fingerprint density at radius 3 is 1.72 bits per heavy atom. The van der Waals surface area contributed by atoms with Crippen LogP contribution < -0.4 is 0 Å². The van der Waals surface area contributed by atoms with Crippen molar-refractivity contribution in [3.8, 4) is 56.5 Å². The first-order valence-corrected chi connectivity index (χ1v) is 20.3. The molecule has 5 heteroatoms. The molecule has 4 aromatic heterocycles. The number of hydrogen-bond donors (Lipinski definition) is 0. The molecule has 60 heavy (non-hydrogen) atoms. The molecular formula is C55H35N5. The maximum absolute atomic E-state index is 5.41. The first-order chi connectivity index (χ1) is 29.8. The molecule has 0 atom stereocenters. The van der Waals surface area contributed by atoms with E-state index in [-0.39, 0.29) is 0 Å². The maximum Gasteiger partial charge on any atom is 0.160 e. The van der Waals surface area contributed by atoms with Crippen LogP contribution in [0, 0.1) is 0 Å². The van der Waals surface area contributed by atoms with Crippen LogP contribution in [-0.4, -0.2) is 24.1 Å². The lowest BCUT2D eigenvalue weighted by Crippen LogP contribution is -2.00. The number of fused-ring (bicyclic) bond motifs is 8. The second kappa shape index (κ2) is 13.8. The van der Waals surface area contributed by atoms with E-state index in [9.17, 15) is 0 Å². The van der Waals surface area contributed by atoms with Crippen molar-refractivity contribution in [1.29, 1.82) is 0 Å². The van der Waals surface area contributed by atoms with E-state index >= 15 is 0 Å². The Balaban J connectivity index is 1.13. The van der Waals surface area contributed by atoms with Crippen LogP contribution in [0.2, 0.25) is 0 Å². The topological polar surface area (TPSA) is 48.5 Å². The maximum atomic E-state index is 5.41. The molecule has 5 nitrogen and oxygen atoms in total. The molecule has 0 N–H and O–H groups in total. The number of nitrogens with zero attached hydrogens (tertiary/aromatic N) is 5. The summed E-state index contributed by atoms with van der Waals surface area (Å²) in [4.78, 5) is 15.8. The lowest BCUT2D eigenvalue weighted by molar-refractivity contribution is 1.08. The second-order valence-electron chi connectivity index (χ2n) is 15.2. The van der Waals surface area contributed by atoms with Crippen molar-refractivity contribution in [3.05, 3.63) is 212 Å². The minimum atomic E-state index is 0.690. The van der Waals surface area contributed by atoms with Gasteiger partial charge in [0.15, 0.2) is 5.82 Å². The van der Waals surface area contributed by atoms with E-state index in [0.29, 0.717) is 5.82 Å². The summed E-state index contributed by atoms with van der Waals surface area (Å²) in [6, 6.07) is 74.8. The molecule has 0 bridgehead atoms. The fourth-order valence-electron chi connectivity index (χ4n) is 9.01. The first-order valence-electron chi connectivity index (χ1n) is 20.3. The molecule has 0 aliphatic carbocycles. The molecule has 0 radical (unpaired) electrons. The molecule has 0 aliphatic heterocycles. The summed E-state index contributed by atoms with van der Waals surface area (Å²) >= 11 is 0. The predicted octanol–water partition coefficient (Wildman–Crippen LogP) is 13.9. The van der Waals surface area contributed by atoms with Crippen molar-refractivity contribution < 1.29 is 0 Å². The number of para-hydroxylation sites is 3. The summed E-state index contributed by atoms with van der Waals surface area (Å²) in [5.41, 5.74) is 13.6. The van der Waals surface area contributed by atoms with Gasteiger partial charge in [-0.15, -0.1) is 0 Å². The van der Waals surface area contributed by atoms with E-state index in [1.165, 1.54) is 16.2 Å². The van der Waals surface area contributed by atoms with Gasteiger partial charge >= 0.3 is 0 Å². The highest BCUT2D eigenvalue weighted by Gasteiger charge is 2.22. The van der Waals surface area contributed by atoms with Crippen LogP contribution in [0.3, 0.4) is 0 Å². The van der Waals surface area contributed by atoms with Gasteiger partial charge in [0.2, 0.25) is 0 Å². The summed E-state index contributed by atoms with van der Waals surface area (Å²) in [6.07, 6.45) is 0. The third-order valence-corrected chi connectivity index (χ3v) is 11.7. The standard InChI is InChI=1S/C55H35N5/c1-4-17-36(18-5-1)40-34-47(37-19-6-2-7-20-37)56-51(35-40)60-49-30-15-12-27-45(49)52-50(60)32-31-43-42-25-11-14-29-48(42)59(54(43)52)41-24-16-23-39(33-41)55-57-46-28-13-10-26-44(46)53(58-55)38-21-8-3-9-22-38/h1-35H. The second-order valence-corrected chi connectivity index (χ2v) is 15.2. The molecule has 280 valence electrons. The molecule has 0 saturated heterocycles.